The molecule has 1 saturated heterocycles. The van der Waals surface area contributed by atoms with Crippen LogP contribution in [0.5, 0.6) is 0 Å². The molecule has 0 bridgehead atoms. The lowest BCUT2D eigenvalue weighted by molar-refractivity contribution is -0.137. The predicted molar refractivity (Wildman–Crippen MR) is 129 cm³/mol. The molecule has 38 heavy (non-hydrogen) atoms. The van der Waals surface area contributed by atoms with Crippen LogP contribution >= 0.6 is 11.3 Å². The van der Waals surface area contributed by atoms with Gasteiger partial charge in [0.1, 0.15) is 22.7 Å². The molecule has 0 aromatic carbocycles. The van der Waals surface area contributed by atoms with E-state index in [4.69, 9.17) is 0 Å². The highest BCUT2D eigenvalue weighted by Crippen LogP contribution is 2.42. The second-order valence-electron chi connectivity index (χ2n) is 9.25. The van der Waals surface area contributed by atoms with Crippen molar-refractivity contribution >= 4 is 27.3 Å². The summed E-state index contributed by atoms with van der Waals surface area (Å²) in [7, 11) is -2.42. The standard InChI is InChI=1S/C22H23F4N7O3S2/c1-21(2,34)19-12(7-27)6-17(37-19)18-14(22(24,25)26)9-28-20(31-18)30-16-4-5-33(11-15(16)23)38(35,36)13-8-29-32(3)10-13/h6,8-10,15-16,34H,4-5,11H2,1-3H3,(H,28,30,31)/t15-,16-/m1/s1. The minimum atomic E-state index is -4.83. The number of nitrogens with zero attached hydrogens (tertiary/aromatic N) is 6. The molecule has 2 N–H and O–H groups in total. The first-order chi connectivity index (χ1) is 17.6. The molecule has 0 unspecified atom stereocenters. The summed E-state index contributed by atoms with van der Waals surface area (Å²) in [5.74, 6) is -0.291. The van der Waals surface area contributed by atoms with Crippen LogP contribution in [0.25, 0.3) is 10.6 Å². The van der Waals surface area contributed by atoms with Crippen LogP contribution in [-0.2, 0) is 28.8 Å². The van der Waals surface area contributed by atoms with Gasteiger partial charge in [-0.05, 0) is 26.3 Å². The van der Waals surface area contributed by atoms with Crippen molar-refractivity contribution in [1.29, 1.82) is 5.26 Å². The topological polar surface area (TPSA) is 137 Å². The van der Waals surface area contributed by atoms with E-state index in [-0.39, 0.29) is 39.1 Å². The highest BCUT2D eigenvalue weighted by atomic mass is 32.2. The van der Waals surface area contributed by atoms with Gasteiger partial charge in [0, 0.05) is 32.5 Å². The number of piperidine rings is 1. The monoisotopic (exact) mass is 573 g/mol. The Morgan fingerprint density at radius 1 is 1.29 bits per heavy atom. The maximum atomic E-state index is 15.1. The summed E-state index contributed by atoms with van der Waals surface area (Å²) < 4.78 is 84.2. The number of alkyl halides is 4. The summed E-state index contributed by atoms with van der Waals surface area (Å²) in [5, 5.41) is 26.3. The average Bonchev–Trinajstić information content (AvgIpc) is 3.46. The molecule has 3 aromatic heterocycles. The highest BCUT2D eigenvalue weighted by molar-refractivity contribution is 7.89. The van der Waals surface area contributed by atoms with Gasteiger partial charge < -0.3 is 10.4 Å². The quantitative estimate of drug-likeness (QED) is 0.429. The summed E-state index contributed by atoms with van der Waals surface area (Å²) in [6.45, 7) is 2.29. The Hall–Kier alpha value is -3.13. The van der Waals surface area contributed by atoms with Crippen LogP contribution in [0.4, 0.5) is 23.5 Å². The third-order valence-corrected chi connectivity index (χ3v) is 9.15. The van der Waals surface area contributed by atoms with Crippen molar-refractivity contribution in [3.63, 3.8) is 0 Å². The van der Waals surface area contributed by atoms with E-state index in [9.17, 15) is 32.0 Å². The van der Waals surface area contributed by atoms with E-state index in [0.717, 1.165) is 21.8 Å². The second-order valence-corrected chi connectivity index (χ2v) is 12.2. The first-order valence-electron chi connectivity index (χ1n) is 11.2. The Kier molecular flexibility index (Phi) is 7.25. The first kappa shape index (κ1) is 27.9. The van der Waals surface area contributed by atoms with Gasteiger partial charge in [0.2, 0.25) is 16.0 Å². The molecule has 1 aliphatic heterocycles. The second kappa shape index (κ2) is 9.88. The van der Waals surface area contributed by atoms with Crippen LogP contribution < -0.4 is 5.32 Å². The zero-order chi connectivity index (χ0) is 28.0. The Bertz CT molecular complexity index is 1490. The number of nitrogens with one attached hydrogen (secondary N) is 1. The molecule has 4 heterocycles. The van der Waals surface area contributed by atoms with Gasteiger partial charge in [-0.1, -0.05) is 0 Å². The van der Waals surface area contributed by atoms with E-state index in [0.29, 0.717) is 6.20 Å². The number of aliphatic hydroxyl groups is 1. The molecule has 1 aliphatic rings. The molecule has 0 radical (unpaired) electrons. The third kappa shape index (κ3) is 5.51. The SMILES string of the molecule is Cn1cc(S(=O)(=O)N2CC[C@@H](Nc3ncc(C(F)(F)F)c(-c4cc(C#N)c(C(C)(C)O)s4)n3)[C@H](F)C2)cn1. The lowest BCUT2D eigenvalue weighted by Gasteiger charge is -2.34. The van der Waals surface area contributed by atoms with Crippen LogP contribution in [0.2, 0.25) is 0 Å². The molecule has 10 nitrogen and oxygen atoms in total. The molecular formula is C22H23F4N7O3S2. The van der Waals surface area contributed by atoms with Gasteiger partial charge in [0.15, 0.2) is 0 Å². The summed E-state index contributed by atoms with van der Waals surface area (Å²) in [4.78, 5) is 7.78. The fourth-order valence-corrected chi connectivity index (χ4v) is 6.56. The van der Waals surface area contributed by atoms with Crippen LogP contribution in [0, 0.1) is 11.3 Å². The van der Waals surface area contributed by atoms with Gasteiger partial charge in [-0.3, -0.25) is 4.68 Å². The van der Waals surface area contributed by atoms with Gasteiger partial charge in [-0.2, -0.15) is 27.8 Å². The van der Waals surface area contributed by atoms with E-state index in [1.165, 1.54) is 30.8 Å². The smallest absolute Gasteiger partial charge is 0.385 e. The predicted octanol–water partition coefficient (Wildman–Crippen LogP) is 3.27. The van der Waals surface area contributed by atoms with Crippen LogP contribution in [0.3, 0.4) is 0 Å². The van der Waals surface area contributed by atoms with Crippen molar-refractivity contribution < 1.29 is 31.1 Å². The molecule has 2 atom stereocenters. The molecule has 204 valence electrons. The number of thiophene rings is 1. The lowest BCUT2D eigenvalue weighted by atomic mass is 10.0. The molecule has 3 aromatic rings. The third-order valence-electron chi connectivity index (χ3n) is 5.87. The number of sulfonamides is 1. The summed E-state index contributed by atoms with van der Waals surface area (Å²) >= 11 is 0.788. The van der Waals surface area contributed by atoms with Crippen molar-refractivity contribution in [2.24, 2.45) is 7.05 Å². The molecule has 0 spiro atoms. The highest BCUT2D eigenvalue weighted by Gasteiger charge is 2.39. The number of nitriles is 1. The molecule has 4 rings (SSSR count). The summed E-state index contributed by atoms with van der Waals surface area (Å²) in [5.41, 5.74) is -3.17. The number of hydrogen-bond acceptors (Lipinski definition) is 9. The largest absolute Gasteiger partial charge is 0.420 e. The Morgan fingerprint density at radius 2 is 2.00 bits per heavy atom. The van der Waals surface area contributed by atoms with Crippen molar-refractivity contribution in [3.8, 4) is 16.6 Å². The van der Waals surface area contributed by atoms with E-state index in [1.807, 2.05) is 6.07 Å². The van der Waals surface area contributed by atoms with Crippen LogP contribution in [-0.4, -0.2) is 62.9 Å². The van der Waals surface area contributed by atoms with Gasteiger partial charge in [-0.25, -0.2) is 22.8 Å². The molecule has 0 saturated carbocycles. The van der Waals surface area contributed by atoms with Crippen molar-refractivity contribution in [1.82, 2.24) is 24.1 Å². The fraction of sp³-hybridized carbons (Fsp3) is 0.455. The van der Waals surface area contributed by atoms with Crippen LogP contribution in [0.15, 0.2) is 29.6 Å². The van der Waals surface area contributed by atoms with Crippen molar-refractivity contribution in [2.45, 2.75) is 49.2 Å². The minimum absolute atomic E-state index is 0.000800. The number of halogens is 4. The zero-order valence-corrected chi connectivity index (χ0v) is 22.0. The molecule has 1 fully saturated rings. The minimum Gasteiger partial charge on any atom is -0.385 e. The summed E-state index contributed by atoms with van der Waals surface area (Å²) in [6, 6.07) is 2.11. The maximum absolute atomic E-state index is 15.1. The van der Waals surface area contributed by atoms with E-state index in [2.05, 4.69) is 20.4 Å². The normalized spacial score (nSPS) is 19.3. The molecular weight excluding hydrogens is 550 g/mol. The van der Waals surface area contributed by atoms with E-state index in [1.54, 1.807) is 7.05 Å². The number of rotatable bonds is 6. The Labute approximate surface area is 219 Å². The number of aryl methyl sites for hydroxylation is 1. The number of hydrogen-bond donors (Lipinski definition) is 2. The lowest BCUT2D eigenvalue weighted by Crippen LogP contribution is -2.50. The van der Waals surface area contributed by atoms with E-state index < -0.39 is 51.8 Å². The van der Waals surface area contributed by atoms with Crippen molar-refractivity contribution in [3.05, 3.63) is 40.7 Å². The molecule has 0 amide bonds. The van der Waals surface area contributed by atoms with Gasteiger partial charge in [0.25, 0.3) is 0 Å². The average molecular weight is 574 g/mol. The fourth-order valence-electron chi connectivity index (χ4n) is 4.00. The zero-order valence-electron chi connectivity index (χ0n) is 20.4. The van der Waals surface area contributed by atoms with Gasteiger partial charge in [0.05, 0.1) is 38.9 Å². The van der Waals surface area contributed by atoms with Crippen molar-refractivity contribution in [2.75, 3.05) is 18.4 Å². The number of aromatic nitrogens is 4. The van der Waals surface area contributed by atoms with E-state index >= 15 is 4.39 Å². The number of anilines is 1. The molecule has 0 aliphatic carbocycles. The summed E-state index contributed by atoms with van der Waals surface area (Å²) in [6.07, 6.45) is -3.50. The first-order valence-corrected chi connectivity index (χ1v) is 13.5. The Balaban J connectivity index is 1.60. The van der Waals surface area contributed by atoms with Crippen LogP contribution in [0.1, 0.15) is 36.3 Å². The maximum Gasteiger partial charge on any atom is 0.420 e. The van der Waals surface area contributed by atoms with Gasteiger partial charge in [-0.15, -0.1) is 11.3 Å². The Morgan fingerprint density at radius 3 is 2.53 bits per heavy atom. The van der Waals surface area contributed by atoms with Gasteiger partial charge >= 0.3 is 6.18 Å². The molecule has 16 heteroatoms.